The van der Waals surface area contributed by atoms with E-state index in [1.54, 1.807) is 4.68 Å². The highest BCUT2D eigenvalue weighted by Crippen LogP contribution is 2.30. The first-order valence-electron chi connectivity index (χ1n) is 5.76. The van der Waals surface area contributed by atoms with E-state index in [0.29, 0.717) is 18.8 Å². The molecule has 0 aromatic carbocycles. The van der Waals surface area contributed by atoms with Crippen molar-refractivity contribution in [2.75, 3.05) is 24.7 Å². The van der Waals surface area contributed by atoms with Crippen LogP contribution in [0.1, 0.15) is 25.1 Å². The lowest BCUT2D eigenvalue weighted by atomic mass is 10.0. The van der Waals surface area contributed by atoms with Gasteiger partial charge in [-0.05, 0) is 20.8 Å². The maximum absolute atomic E-state index is 9.25. The lowest BCUT2D eigenvalue weighted by Crippen LogP contribution is -2.54. The van der Waals surface area contributed by atoms with Crippen molar-refractivity contribution in [2.24, 2.45) is 7.05 Å². The van der Waals surface area contributed by atoms with Crippen LogP contribution in [0.3, 0.4) is 0 Å². The van der Waals surface area contributed by atoms with Crippen molar-refractivity contribution >= 4 is 5.82 Å². The summed E-state index contributed by atoms with van der Waals surface area (Å²) in [6.45, 7) is 8.27. The number of hydrogen-bond donors (Lipinski definition) is 0. The van der Waals surface area contributed by atoms with Crippen molar-refractivity contribution in [3.63, 3.8) is 0 Å². The van der Waals surface area contributed by atoms with Gasteiger partial charge in [-0.25, -0.2) is 0 Å². The van der Waals surface area contributed by atoms with Gasteiger partial charge in [0.1, 0.15) is 17.5 Å². The van der Waals surface area contributed by atoms with Crippen LogP contribution < -0.4 is 4.90 Å². The number of rotatable bonds is 1. The fraction of sp³-hybridized carbons (Fsp3) is 0.667. The van der Waals surface area contributed by atoms with E-state index in [0.717, 1.165) is 18.1 Å². The summed E-state index contributed by atoms with van der Waals surface area (Å²) in [6.07, 6.45) is 0. The normalized spacial score (nSPS) is 19.1. The average molecular weight is 234 g/mol. The summed E-state index contributed by atoms with van der Waals surface area (Å²) in [4.78, 5) is 2.22. The molecular weight excluding hydrogens is 216 g/mol. The van der Waals surface area contributed by atoms with Gasteiger partial charge < -0.3 is 9.64 Å². The van der Waals surface area contributed by atoms with E-state index in [9.17, 15) is 5.26 Å². The third-order valence-corrected chi connectivity index (χ3v) is 3.20. The monoisotopic (exact) mass is 234 g/mol. The molecule has 5 heteroatoms. The van der Waals surface area contributed by atoms with E-state index in [1.807, 2.05) is 14.0 Å². The maximum Gasteiger partial charge on any atom is 0.145 e. The fourth-order valence-electron chi connectivity index (χ4n) is 2.34. The average Bonchev–Trinajstić information content (AvgIpc) is 2.52. The van der Waals surface area contributed by atoms with Gasteiger partial charge >= 0.3 is 0 Å². The third-order valence-electron chi connectivity index (χ3n) is 3.20. The standard InChI is InChI=1S/C12H18N4O/c1-9-10(7-13)11(15(4)14-9)16-5-6-17-8-12(16,2)3/h5-6,8H2,1-4H3. The number of anilines is 1. The summed E-state index contributed by atoms with van der Waals surface area (Å²) in [6, 6.07) is 2.25. The highest BCUT2D eigenvalue weighted by Gasteiger charge is 2.34. The Bertz CT molecular complexity index is 470. The Morgan fingerprint density at radius 1 is 1.47 bits per heavy atom. The minimum Gasteiger partial charge on any atom is -0.377 e. The second kappa shape index (κ2) is 4.04. The van der Waals surface area contributed by atoms with Crippen LogP contribution in [0.5, 0.6) is 0 Å². The maximum atomic E-state index is 9.25. The van der Waals surface area contributed by atoms with Gasteiger partial charge in [0.2, 0.25) is 0 Å². The van der Waals surface area contributed by atoms with Crippen LogP contribution in [0.4, 0.5) is 5.82 Å². The van der Waals surface area contributed by atoms with Crippen LogP contribution in [0.25, 0.3) is 0 Å². The smallest absolute Gasteiger partial charge is 0.145 e. The molecule has 1 aliphatic heterocycles. The zero-order valence-electron chi connectivity index (χ0n) is 10.8. The lowest BCUT2D eigenvalue weighted by molar-refractivity contribution is 0.0634. The number of nitrogens with zero attached hydrogens (tertiary/aromatic N) is 4. The SMILES string of the molecule is Cc1nn(C)c(N2CCOCC2(C)C)c1C#N. The van der Waals surface area contributed by atoms with Crippen LogP contribution in [0.15, 0.2) is 0 Å². The number of morpholine rings is 1. The molecule has 5 nitrogen and oxygen atoms in total. The van der Waals surface area contributed by atoms with E-state index in [2.05, 4.69) is 29.9 Å². The molecule has 1 aliphatic rings. The van der Waals surface area contributed by atoms with Crippen LogP contribution in [-0.4, -0.2) is 35.1 Å². The molecule has 0 aliphatic carbocycles. The highest BCUT2D eigenvalue weighted by atomic mass is 16.5. The number of aryl methyl sites for hydroxylation is 2. The number of aromatic nitrogens is 2. The highest BCUT2D eigenvalue weighted by molar-refractivity contribution is 5.58. The Labute approximate surface area is 102 Å². The lowest BCUT2D eigenvalue weighted by Gasteiger charge is -2.43. The first-order chi connectivity index (χ1) is 7.97. The van der Waals surface area contributed by atoms with Crippen molar-refractivity contribution in [1.29, 1.82) is 5.26 Å². The molecule has 2 heterocycles. The van der Waals surface area contributed by atoms with Gasteiger partial charge in [0, 0.05) is 13.6 Å². The van der Waals surface area contributed by atoms with E-state index in [-0.39, 0.29) is 5.54 Å². The summed E-state index contributed by atoms with van der Waals surface area (Å²) in [5.41, 5.74) is 1.35. The summed E-state index contributed by atoms with van der Waals surface area (Å²) in [5.74, 6) is 0.901. The van der Waals surface area contributed by atoms with Crippen molar-refractivity contribution in [2.45, 2.75) is 26.3 Å². The molecule has 1 aromatic heterocycles. The fourth-order valence-corrected chi connectivity index (χ4v) is 2.34. The third kappa shape index (κ3) is 1.89. The number of nitriles is 1. The van der Waals surface area contributed by atoms with Crippen molar-refractivity contribution < 1.29 is 4.74 Å². The molecule has 0 N–H and O–H groups in total. The molecule has 0 atom stereocenters. The van der Waals surface area contributed by atoms with Gasteiger partial charge in [-0.1, -0.05) is 0 Å². The molecule has 0 spiro atoms. The Kier molecular flexibility index (Phi) is 2.84. The summed E-state index contributed by atoms with van der Waals surface area (Å²) in [5, 5.41) is 13.6. The molecule has 1 aromatic rings. The Balaban J connectivity index is 2.49. The minimum atomic E-state index is -0.107. The van der Waals surface area contributed by atoms with Crippen LogP contribution in [0.2, 0.25) is 0 Å². The molecule has 0 bridgehead atoms. The van der Waals surface area contributed by atoms with E-state index >= 15 is 0 Å². The van der Waals surface area contributed by atoms with Gasteiger partial charge in [0.05, 0.1) is 24.4 Å². The largest absolute Gasteiger partial charge is 0.377 e. The zero-order valence-corrected chi connectivity index (χ0v) is 10.8. The van der Waals surface area contributed by atoms with Crippen molar-refractivity contribution in [3.8, 4) is 6.07 Å². The van der Waals surface area contributed by atoms with Gasteiger partial charge in [0.25, 0.3) is 0 Å². The summed E-state index contributed by atoms with van der Waals surface area (Å²) in [7, 11) is 1.88. The topological polar surface area (TPSA) is 54.1 Å². The summed E-state index contributed by atoms with van der Waals surface area (Å²) < 4.78 is 7.30. The quantitative estimate of drug-likeness (QED) is 0.733. The van der Waals surface area contributed by atoms with Crippen LogP contribution >= 0.6 is 0 Å². The van der Waals surface area contributed by atoms with E-state index < -0.39 is 0 Å². The molecule has 0 saturated carbocycles. The first-order valence-corrected chi connectivity index (χ1v) is 5.76. The Morgan fingerprint density at radius 3 is 2.76 bits per heavy atom. The Hall–Kier alpha value is -1.54. The minimum absolute atomic E-state index is 0.107. The van der Waals surface area contributed by atoms with Gasteiger partial charge in [0.15, 0.2) is 0 Å². The van der Waals surface area contributed by atoms with Gasteiger partial charge in [-0.3, -0.25) is 4.68 Å². The van der Waals surface area contributed by atoms with Crippen molar-refractivity contribution in [1.82, 2.24) is 9.78 Å². The number of hydrogen-bond acceptors (Lipinski definition) is 4. The molecular formula is C12H18N4O. The Morgan fingerprint density at radius 2 is 2.18 bits per heavy atom. The molecule has 1 fully saturated rings. The van der Waals surface area contributed by atoms with Crippen LogP contribution in [0, 0.1) is 18.3 Å². The first kappa shape index (κ1) is 11.9. The van der Waals surface area contributed by atoms with Gasteiger partial charge in [-0.2, -0.15) is 10.4 Å². The molecule has 0 amide bonds. The molecule has 2 rings (SSSR count). The molecule has 0 unspecified atom stereocenters. The zero-order chi connectivity index (χ0) is 12.6. The molecule has 17 heavy (non-hydrogen) atoms. The second-order valence-electron chi connectivity index (χ2n) is 5.04. The van der Waals surface area contributed by atoms with Crippen LogP contribution in [-0.2, 0) is 11.8 Å². The van der Waals surface area contributed by atoms with Gasteiger partial charge in [-0.15, -0.1) is 0 Å². The molecule has 92 valence electrons. The molecule has 0 radical (unpaired) electrons. The second-order valence-corrected chi connectivity index (χ2v) is 5.04. The van der Waals surface area contributed by atoms with E-state index in [1.165, 1.54) is 0 Å². The molecule has 1 saturated heterocycles. The number of ether oxygens (including phenoxy) is 1. The van der Waals surface area contributed by atoms with E-state index in [4.69, 9.17) is 4.74 Å². The predicted molar refractivity (Wildman–Crippen MR) is 64.9 cm³/mol. The summed E-state index contributed by atoms with van der Waals surface area (Å²) >= 11 is 0. The van der Waals surface area contributed by atoms with Crippen molar-refractivity contribution in [3.05, 3.63) is 11.3 Å². The predicted octanol–water partition coefficient (Wildman–Crippen LogP) is 1.22.